The molecular weight excluding hydrogens is 452 g/mol. The Morgan fingerprint density at radius 2 is 1.85 bits per heavy atom. The molecule has 182 valence electrons. The highest BCUT2D eigenvalue weighted by molar-refractivity contribution is 7.91. The van der Waals surface area contributed by atoms with E-state index in [9.17, 15) is 13.2 Å². The minimum absolute atomic E-state index is 0.0685. The van der Waals surface area contributed by atoms with E-state index in [4.69, 9.17) is 10.5 Å². The van der Waals surface area contributed by atoms with Crippen molar-refractivity contribution in [3.63, 3.8) is 0 Å². The number of carbonyl (C=O) groups excluding carboxylic acids is 1. The highest BCUT2D eigenvalue weighted by Crippen LogP contribution is 2.61. The first-order valence-electron chi connectivity index (χ1n) is 11.9. The van der Waals surface area contributed by atoms with E-state index in [0.717, 1.165) is 18.7 Å². The van der Waals surface area contributed by atoms with Crippen LogP contribution in [0.2, 0.25) is 0 Å². The number of anilines is 2. The molecule has 0 spiro atoms. The first kappa shape index (κ1) is 23.0. The van der Waals surface area contributed by atoms with Gasteiger partial charge in [-0.1, -0.05) is 6.92 Å². The third-order valence-electron chi connectivity index (χ3n) is 7.69. The number of ether oxygens (including phenoxy) is 1. The number of benzene rings is 2. The van der Waals surface area contributed by atoms with Crippen LogP contribution in [0.1, 0.15) is 20.3 Å². The lowest BCUT2D eigenvalue weighted by Gasteiger charge is -2.61. The Balaban J connectivity index is 1.30. The zero-order chi connectivity index (χ0) is 24.1. The number of nitrogens with one attached hydrogen (secondary N) is 1. The molecule has 2 amide bonds. The summed E-state index contributed by atoms with van der Waals surface area (Å²) >= 11 is 0. The van der Waals surface area contributed by atoms with Gasteiger partial charge < -0.3 is 25.6 Å². The van der Waals surface area contributed by atoms with Crippen molar-refractivity contribution in [2.75, 3.05) is 42.2 Å². The summed E-state index contributed by atoms with van der Waals surface area (Å²) in [6.45, 7) is 6.60. The minimum atomic E-state index is -3.39. The Morgan fingerprint density at radius 1 is 1.15 bits per heavy atom. The zero-order valence-electron chi connectivity index (χ0n) is 19.6. The summed E-state index contributed by atoms with van der Waals surface area (Å²) in [6, 6.07) is 14.9. The SMILES string of the molecule is CCOc1ccc(N2C[C@@H]3CC4(C)C3N(C(=O)Nc3ccc(S(=O)(=O)CCN)cc3)C[C@@H]24)cc1. The van der Waals surface area contributed by atoms with Gasteiger partial charge in [0.2, 0.25) is 0 Å². The molecule has 4 aliphatic rings. The van der Waals surface area contributed by atoms with Crippen LogP contribution in [0.4, 0.5) is 16.2 Å². The maximum Gasteiger partial charge on any atom is 0.322 e. The summed E-state index contributed by atoms with van der Waals surface area (Å²) in [4.78, 5) is 17.9. The van der Waals surface area contributed by atoms with Crippen LogP contribution in [-0.2, 0) is 9.84 Å². The molecule has 2 aromatic carbocycles. The van der Waals surface area contributed by atoms with Crippen LogP contribution in [0.3, 0.4) is 0 Å². The summed E-state index contributed by atoms with van der Waals surface area (Å²) in [5, 5.41) is 2.97. The average molecular weight is 485 g/mol. The van der Waals surface area contributed by atoms with Crippen LogP contribution >= 0.6 is 0 Å². The monoisotopic (exact) mass is 484 g/mol. The van der Waals surface area contributed by atoms with E-state index in [0.29, 0.717) is 24.8 Å². The number of nitrogens with zero attached hydrogens (tertiary/aromatic N) is 2. The van der Waals surface area contributed by atoms with E-state index in [1.54, 1.807) is 12.1 Å². The molecule has 6 rings (SSSR count). The van der Waals surface area contributed by atoms with Crippen molar-refractivity contribution in [1.29, 1.82) is 0 Å². The van der Waals surface area contributed by atoms with Crippen molar-refractivity contribution in [1.82, 2.24) is 4.90 Å². The average Bonchev–Trinajstić information content (AvgIpc) is 2.93. The van der Waals surface area contributed by atoms with E-state index >= 15 is 0 Å². The normalized spacial score (nSPS) is 27.3. The van der Waals surface area contributed by atoms with E-state index in [1.165, 1.54) is 17.8 Å². The molecule has 1 saturated carbocycles. The quantitative estimate of drug-likeness (QED) is 0.626. The Labute approximate surface area is 201 Å². The van der Waals surface area contributed by atoms with Crippen molar-refractivity contribution in [2.45, 2.75) is 37.2 Å². The fourth-order valence-electron chi connectivity index (χ4n) is 6.24. The summed E-state index contributed by atoms with van der Waals surface area (Å²) in [7, 11) is -3.39. The smallest absolute Gasteiger partial charge is 0.322 e. The number of likely N-dealkylation sites (tertiary alicyclic amines) is 1. The van der Waals surface area contributed by atoms with Gasteiger partial charge in [0, 0.05) is 42.5 Å². The van der Waals surface area contributed by atoms with Crippen LogP contribution in [0.5, 0.6) is 5.75 Å². The van der Waals surface area contributed by atoms with E-state index in [1.807, 2.05) is 24.0 Å². The van der Waals surface area contributed by atoms with E-state index in [2.05, 4.69) is 29.3 Å². The molecular formula is C25H32N4O4S. The lowest BCUT2D eigenvalue weighted by Crippen LogP contribution is -2.68. The molecule has 3 heterocycles. The van der Waals surface area contributed by atoms with Crippen molar-refractivity contribution in [3.8, 4) is 5.75 Å². The second-order valence-corrected chi connectivity index (χ2v) is 11.8. The minimum Gasteiger partial charge on any atom is -0.494 e. The van der Waals surface area contributed by atoms with E-state index in [-0.39, 0.29) is 40.7 Å². The molecule has 4 bridgehead atoms. The van der Waals surface area contributed by atoms with Gasteiger partial charge in [-0.2, -0.15) is 0 Å². The number of carbonyl (C=O) groups is 1. The van der Waals surface area contributed by atoms with Crippen LogP contribution in [0.15, 0.2) is 53.4 Å². The third-order valence-corrected chi connectivity index (χ3v) is 9.45. The molecule has 2 aromatic rings. The molecule has 3 aliphatic heterocycles. The number of urea groups is 1. The van der Waals surface area contributed by atoms with Crippen molar-refractivity contribution in [2.24, 2.45) is 17.1 Å². The number of piperidine rings is 2. The van der Waals surface area contributed by atoms with Gasteiger partial charge in [0.25, 0.3) is 0 Å². The van der Waals surface area contributed by atoms with Gasteiger partial charge in [-0.25, -0.2) is 13.2 Å². The van der Waals surface area contributed by atoms with Crippen LogP contribution < -0.4 is 20.7 Å². The number of fused-ring (bicyclic) bond motifs is 1. The molecule has 0 aromatic heterocycles. The maximum atomic E-state index is 13.3. The maximum absolute atomic E-state index is 13.3. The van der Waals surface area contributed by atoms with Gasteiger partial charge in [0.05, 0.1) is 23.3 Å². The Bertz CT molecular complexity index is 1170. The standard InChI is InChI=1S/C25H32N4O4S/c1-3-33-20-8-6-19(7-9-20)28-15-17-14-25(2)22(28)16-29(23(17)25)24(30)27-18-4-10-21(11-5-18)34(31,32)13-12-26/h4-11,17,22-23H,3,12-16,26H2,1-2H3,(H,27,30)/t17-,22+,23?,25?/m0/s1. The highest BCUT2D eigenvalue weighted by Gasteiger charge is 2.68. The lowest BCUT2D eigenvalue weighted by molar-refractivity contribution is -0.0229. The molecule has 9 heteroatoms. The number of amides is 2. The predicted molar refractivity (Wildman–Crippen MR) is 132 cm³/mol. The van der Waals surface area contributed by atoms with Crippen molar-refractivity contribution >= 4 is 27.2 Å². The highest BCUT2D eigenvalue weighted by atomic mass is 32.2. The Kier molecular flexibility index (Phi) is 5.72. The molecule has 3 saturated heterocycles. The van der Waals surface area contributed by atoms with Gasteiger partial charge >= 0.3 is 6.03 Å². The first-order chi connectivity index (χ1) is 16.3. The second-order valence-electron chi connectivity index (χ2n) is 9.72. The predicted octanol–water partition coefficient (Wildman–Crippen LogP) is 2.95. The first-order valence-corrected chi connectivity index (χ1v) is 13.5. The van der Waals surface area contributed by atoms with Gasteiger partial charge in [-0.15, -0.1) is 0 Å². The largest absolute Gasteiger partial charge is 0.494 e. The molecule has 1 aliphatic carbocycles. The van der Waals surface area contributed by atoms with E-state index < -0.39 is 9.84 Å². The van der Waals surface area contributed by atoms with Gasteiger partial charge in [0.15, 0.2) is 9.84 Å². The number of hydrogen-bond donors (Lipinski definition) is 2. The van der Waals surface area contributed by atoms with Crippen molar-refractivity contribution < 1.29 is 17.9 Å². The van der Waals surface area contributed by atoms with Crippen LogP contribution in [-0.4, -0.2) is 63.4 Å². The third kappa shape index (κ3) is 3.71. The lowest BCUT2D eigenvalue weighted by atomic mass is 9.54. The molecule has 0 radical (unpaired) electrons. The molecule has 8 nitrogen and oxygen atoms in total. The van der Waals surface area contributed by atoms with Gasteiger partial charge in [0.1, 0.15) is 5.75 Å². The second kappa shape index (κ2) is 8.46. The molecule has 4 atom stereocenters. The molecule has 34 heavy (non-hydrogen) atoms. The summed E-state index contributed by atoms with van der Waals surface area (Å²) in [6.07, 6.45) is 1.13. The van der Waals surface area contributed by atoms with Crippen LogP contribution in [0.25, 0.3) is 0 Å². The fraction of sp³-hybridized carbons (Fsp3) is 0.480. The topological polar surface area (TPSA) is 105 Å². The summed E-state index contributed by atoms with van der Waals surface area (Å²) in [5.41, 5.74) is 7.22. The zero-order valence-corrected chi connectivity index (χ0v) is 20.4. The van der Waals surface area contributed by atoms with Crippen molar-refractivity contribution in [3.05, 3.63) is 48.5 Å². The van der Waals surface area contributed by atoms with Crippen LogP contribution in [0, 0.1) is 11.3 Å². The Morgan fingerprint density at radius 3 is 2.50 bits per heavy atom. The molecule has 4 fully saturated rings. The van der Waals surface area contributed by atoms with Gasteiger partial charge in [-0.05, 0) is 67.8 Å². The molecule has 3 N–H and O–H groups in total. The number of hydrogen-bond acceptors (Lipinski definition) is 6. The number of rotatable bonds is 7. The number of sulfone groups is 1. The fourth-order valence-corrected chi connectivity index (χ4v) is 7.33. The summed E-state index contributed by atoms with van der Waals surface area (Å²) < 4.78 is 30.0. The van der Waals surface area contributed by atoms with Gasteiger partial charge in [-0.3, -0.25) is 0 Å². The Hall–Kier alpha value is -2.78. The summed E-state index contributed by atoms with van der Waals surface area (Å²) in [5.74, 6) is 1.21. The number of nitrogens with two attached hydrogens (primary N) is 1. The molecule has 2 unspecified atom stereocenters.